The van der Waals surface area contributed by atoms with Gasteiger partial charge in [0.1, 0.15) is 11.9 Å². The molecule has 0 saturated heterocycles. The Labute approximate surface area is 168 Å². The van der Waals surface area contributed by atoms with Crippen LogP contribution in [0.15, 0.2) is 42.5 Å². The number of hydrogen-bond acceptors (Lipinski definition) is 4. The van der Waals surface area contributed by atoms with Crippen molar-refractivity contribution < 1.29 is 27.4 Å². The van der Waals surface area contributed by atoms with Crippen molar-refractivity contribution in [3.8, 4) is 5.75 Å². The molecule has 0 aliphatic carbocycles. The van der Waals surface area contributed by atoms with Gasteiger partial charge in [0.25, 0.3) is 0 Å². The van der Waals surface area contributed by atoms with Gasteiger partial charge in [-0.2, -0.15) is 13.2 Å². The standard InChI is InChI=1S/C22H24F3NO3/c1-28-21(27)13-16-3-2-4-20-19(16)10-9-18(29-20)11-12-26-14-15-5-7-17(8-6-15)22(23,24)25/h2-8,18,26H,9-14H2,1H3. The summed E-state index contributed by atoms with van der Waals surface area (Å²) in [6, 6.07) is 10.9. The summed E-state index contributed by atoms with van der Waals surface area (Å²) in [7, 11) is 1.38. The van der Waals surface area contributed by atoms with Crippen molar-refractivity contribution in [2.24, 2.45) is 0 Å². The van der Waals surface area contributed by atoms with Crippen LogP contribution in [0, 0.1) is 0 Å². The third-order valence-electron chi connectivity index (χ3n) is 5.06. The highest BCUT2D eigenvalue weighted by atomic mass is 19.4. The van der Waals surface area contributed by atoms with Gasteiger partial charge >= 0.3 is 12.1 Å². The molecule has 29 heavy (non-hydrogen) atoms. The first-order chi connectivity index (χ1) is 13.9. The summed E-state index contributed by atoms with van der Waals surface area (Å²) in [5, 5.41) is 3.25. The molecule has 4 nitrogen and oxygen atoms in total. The van der Waals surface area contributed by atoms with E-state index in [1.54, 1.807) is 0 Å². The molecule has 0 spiro atoms. The molecule has 3 rings (SSSR count). The van der Waals surface area contributed by atoms with Crippen LogP contribution in [0.1, 0.15) is 35.1 Å². The van der Waals surface area contributed by atoms with Gasteiger partial charge in [-0.05, 0) is 60.7 Å². The molecule has 0 fully saturated rings. The number of esters is 1. The second-order valence-electron chi connectivity index (χ2n) is 7.09. The largest absolute Gasteiger partial charge is 0.490 e. The fraction of sp³-hybridized carbons (Fsp3) is 0.409. The average Bonchev–Trinajstić information content (AvgIpc) is 2.71. The van der Waals surface area contributed by atoms with E-state index < -0.39 is 11.7 Å². The summed E-state index contributed by atoms with van der Waals surface area (Å²) in [5.74, 6) is 0.540. The van der Waals surface area contributed by atoms with Gasteiger partial charge in [0, 0.05) is 6.54 Å². The minimum atomic E-state index is -4.31. The number of nitrogens with one attached hydrogen (secondary N) is 1. The predicted octanol–water partition coefficient (Wildman–Crippen LogP) is 4.29. The number of hydrogen-bond donors (Lipinski definition) is 1. The number of halogens is 3. The molecule has 0 bridgehead atoms. The maximum Gasteiger partial charge on any atom is 0.416 e. The average molecular weight is 407 g/mol. The van der Waals surface area contributed by atoms with Crippen molar-refractivity contribution in [3.05, 3.63) is 64.7 Å². The minimum absolute atomic E-state index is 0.0657. The lowest BCUT2D eigenvalue weighted by atomic mass is 9.94. The van der Waals surface area contributed by atoms with E-state index in [0.29, 0.717) is 13.1 Å². The Morgan fingerprint density at radius 3 is 2.66 bits per heavy atom. The van der Waals surface area contributed by atoms with Crippen molar-refractivity contribution >= 4 is 5.97 Å². The van der Waals surface area contributed by atoms with Gasteiger partial charge in [-0.25, -0.2) is 0 Å². The Morgan fingerprint density at radius 1 is 1.21 bits per heavy atom. The number of ether oxygens (including phenoxy) is 2. The van der Waals surface area contributed by atoms with Crippen LogP contribution in [0.2, 0.25) is 0 Å². The summed E-state index contributed by atoms with van der Waals surface area (Å²) < 4.78 is 48.6. The SMILES string of the molecule is COC(=O)Cc1cccc2c1CCC(CCNCc1ccc(C(F)(F)F)cc1)O2. The normalized spacial score (nSPS) is 16.1. The molecule has 1 atom stereocenters. The Balaban J connectivity index is 1.46. The Hall–Kier alpha value is -2.54. The minimum Gasteiger partial charge on any atom is -0.490 e. The highest BCUT2D eigenvalue weighted by Gasteiger charge is 2.29. The summed E-state index contributed by atoms with van der Waals surface area (Å²) in [6.07, 6.45) is -1.52. The molecule has 1 unspecified atom stereocenters. The van der Waals surface area contributed by atoms with E-state index in [9.17, 15) is 18.0 Å². The molecule has 1 heterocycles. The molecular formula is C22H24F3NO3. The van der Waals surface area contributed by atoms with E-state index in [1.165, 1.54) is 19.2 Å². The molecular weight excluding hydrogens is 383 g/mol. The molecule has 0 aromatic heterocycles. The van der Waals surface area contributed by atoms with E-state index in [0.717, 1.165) is 53.8 Å². The number of alkyl halides is 3. The van der Waals surface area contributed by atoms with Crippen LogP contribution in [0.4, 0.5) is 13.2 Å². The van der Waals surface area contributed by atoms with Crippen molar-refractivity contribution in [1.82, 2.24) is 5.32 Å². The summed E-state index contributed by atoms with van der Waals surface area (Å²) in [6.45, 7) is 1.20. The molecule has 0 saturated carbocycles. The van der Waals surface area contributed by atoms with Crippen LogP contribution in [-0.4, -0.2) is 25.7 Å². The van der Waals surface area contributed by atoms with Crippen LogP contribution in [0.25, 0.3) is 0 Å². The molecule has 1 N–H and O–H groups in total. The third-order valence-corrected chi connectivity index (χ3v) is 5.06. The fourth-order valence-corrected chi connectivity index (χ4v) is 3.45. The van der Waals surface area contributed by atoms with Crippen LogP contribution in [-0.2, 0) is 35.1 Å². The molecule has 2 aromatic carbocycles. The zero-order valence-corrected chi connectivity index (χ0v) is 16.2. The summed E-state index contributed by atoms with van der Waals surface area (Å²) in [4.78, 5) is 11.6. The highest BCUT2D eigenvalue weighted by Crippen LogP contribution is 2.32. The first-order valence-electron chi connectivity index (χ1n) is 9.58. The number of benzene rings is 2. The third kappa shape index (κ3) is 5.73. The zero-order chi connectivity index (χ0) is 20.9. The molecule has 0 amide bonds. The summed E-state index contributed by atoms with van der Waals surface area (Å²) in [5.41, 5.74) is 2.17. The van der Waals surface area contributed by atoms with Crippen LogP contribution in [0.5, 0.6) is 5.75 Å². The number of carbonyl (C=O) groups excluding carboxylic acids is 1. The molecule has 156 valence electrons. The number of methoxy groups -OCH3 is 1. The van der Waals surface area contributed by atoms with Crippen molar-refractivity contribution in [1.29, 1.82) is 0 Å². The van der Waals surface area contributed by atoms with Gasteiger partial charge < -0.3 is 14.8 Å². The van der Waals surface area contributed by atoms with Gasteiger partial charge in [-0.15, -0.1) is 0 Å². The lowest BCUT2D eigenvalue weighted by molar-refractivity contribution is -0.140. The molecule has 7 heteroatoms. The predicted molar refractivity (Wildman–Crippen MR) is 103 cm³/mol. The Kier molecular flexibility index (Phi) is 6.79. The van der Waals surface area contributed by atoms with Crippen LogP contribution < -0.4 is 10.1 Å². The smallest absolute Gasteiger partial charge is 0.416 e. The zero-order valence-electron chi connectivity index (χ0n) is 16.2. The quantitative estimate of drug-likeness (QED) is 0.549. The fourth-order valence-electron chi connectivity index (χ4n) is 3.45. The highest BCUT2D eigenvalue weighted by molar-refractivity contribution is 5.73. The summed E-state index contributed by atoms with van der Waals surface area (Å²) >= 11 is 0. The van der Waals surface area contributed by atoms with E-state index >= 15 is 0 Å². The monoisotopic (exact) mass is 407 g/mol. The molecule has 2 aromatic rings. The van der Waals surface area contributed by atoms with E-state index in [1.807, 2.05) is 18.2 Å². The van der Waals surface area contributed by atoms with Crippen molar-refractivity contribution in [2.45, 2.75) is 44.5 Å². The Bertz CT molecular complexity index is 834. The van der Waals surface area contributed by atoms with Gasteiger partial charge in [0.15, 0.2) is 0 Å². The Morgan fingerprint density at radius 2 is 1.97 bits per heavy atom. The van der Waals surface area contributed by atoms with Crippen molar-refractivity contribution in [2.75, 3.05) is 13.7 Å². The lowest BCUT2D eigenvalue weighted by Crippen LogP contribution is -2.28. The lowest BCUT2D eigenvalue weighted by Gasteiger charge is -2.27. The first-order valence-corrected chi connectivity index (χ1v) is 9.58. The molecule has 0 radical (unpaired) electrons. The van der Waals surface area contributed by atoms with Gasteiger partial charge in [0.05, 0.1) is 19.1 Å². The number of carbonyl (C=O) groups is 1. The number of fused-ring (bicyclic) bond motifs is 1. The molecule has 1 aliphatic rings. The maximum atomic E-state index is 12.6. The van der Waals surface area contributed by atoms with Crippen LogP contribution in [0.3, 0.4) is 0 Å². The maximum absolute atomic E-state index is 12.6. The van der Waals surface area contributed by atoms with Crippen LogP contribution >= 0.6 is 0 Å². The van der Waals surface area contributed by atoms with E-state index in [4.69, 9.17) is 9.47 Å². The van der Waals surface area contributed by atoms with Gasteiger partial charge in [-0.3, -0.25) is 4.79 Å². The van der Waals surface area contributed by atoms with E-state index in [-0.39, 0.29) is 18.5 Å². The van der Waals surface area contributed by atoms with Gasteiger partial charge in [0.2, 0.25) is 0 Å². The van der Waals surface area contributed by atoms with E-state index in [2.05, 4.69) is 5.32 Å². The topological polar surface area (TPSA) is 47.6 Å². The number of rotatable bonds is 7. The second-order valence-corrected chi connectivity index (χ2v) is 7.09. The first kappa shape index (κ1) is 21.2. The second kappa shape index (κ2) is 9.31. The van der Waals surface area contributed by atoms with Gasteiger partial charge in [-0.1, -0.05) is 24.3 Å². The molecule has 1 aliphatic heterocycles. The van der Waals surface area contributed by atoms with Crippen molar-refractivity contribution in [3.63, 3.8) is 0 Å².